The van der Waals surface area contributed by atoms with Gasteiger partial charge >= 0.3 is 11.9 Å². The highest BCUT2D eigenvalue weighted by atomic mass is 16.6. The number of hydrogen-bond acceptors (Lipinski definition) is 5. The van der Waals surface area contributed by atoms with Gasteiger partial charge in [-0.15, -0.1) is 0 Å². The summed E-state index contributed by atoms with van der Waals surface area (Å²) in [5, 5.41) is 10.3. The van der Waals surface area contributed by atoms with Crippen LogP contribution < -0.4 is 0 Å². The van der Waals surface area contributed by atoms with E-state index in [4.69, 9.17) is 9.15 Å². The minimum Gasteiger partial charge on any atom is -0.463 e. The van der Waals surface area contributed by atoms with E-state index in [1.54, 1.807) is 13.8 Å². The van der Waals surface area contributed by atoms with Gasteiger partial charge < -0.3 is 9.15 Å². The zero-order valence-corrected chi connectivity index (χ0v) is 8.93. The first-order chi connectivity index (χ1) is 7.54. The zero-order chi connectivity index (χ0) is 12.1. The lowest BCUT2D eigenvalue weighted by molar-refractivity contribution is -0.402. The van der Waals surface area contributed by atoms with Gasteiger partial charge in [-0.3, -0.25) is 10.1 Å². The van der Waals surface area contributed by atoms with E-state index in [0.29, 0.717) is 5.57 Å². The van der Waals surface area contributed by atoms with Crippen LogP contribution in [0.1, 0.15) is 19.6 Å². The summed E-state index contributed by atoms with van der Waals surface area (Å²) in [5.41, 5.74) is 0.325. The van der Waals surface area contributed by atoms with Gasteiger partial charge in [0.1, 0.15) is 10.7 Å². The van der Waals surface area contributed by atoms with Crippen LogP contribution in [0.2, 0.25) is 0 Å². The number of hydrogen-bond donors (Lipinski definition) is 0. The highest BCUT2D eigenvalue weighted by Gasteiger charge is 2.12. The predicted octanol–water partition coefficient (Wildman–Crippen LogP) is 2.15. The van der Waals surface area contributed by atoms with Crippen LogP contribution in [0.25, 0.3) is 6.08 Å². The molecule has 1 rings (SSSR count). The molecule has 0 aliphatic carbocycles. The number of rotatable bonds is 4. The maximum absolute atomic E-state index is 11.2. The molecule has 0 atom stereocenters. The lowest BCUT2D eigenvalue weighted by atomic mass is 10.2. The van der Waals surface area contributed by atoms with Crippen molar-refractivity contribution in [2.75, 3.05) is 6.61 Å². The Balaban J connectivity index is 2.81. The maximum Gasteiger partial charge on any atom is 0.433 e. The Hall–Kier alpha value is -2.11. The zero-order valence-electron chi connectivity index (χ0n) is 8.93. The molecule has 0 N–H and O–H groups in total. The van der Waals surface area contributed by atoms with Crippen LogP contribution >= 0.6 is 0 Å². The topological polar surface area (TPSA) is 82.6 Å². The molecule has 0 aliphatic heterocycles. The van der Waals surface area contributed by atoms with Gasteiger partial charge in [0.15, 0.2) is 0 Å². The Morgan fingerprint density at radius 3 is 2.81 bits per heavy atom. The standard InChI is InChI=1S/C10H11NO5/c1-3-15-10(12)7(2)6-8-4-5-9(16-8)11(13)14/h4-6H,3H2,1-2H3/b7-6+. The van der Waals surface area contributed by atoms with Crippen LogP contribution in [0.3, 0.4) is 0 Å². The Morgan fingerprint density at radius 1 is 1.62 bits per heavy atom. The molecule has 0 spiro atoms. The highest BCUT2D eigenvalue weighted by molar-refractivity contribution is 5.92. The third-order valence-electron chi connectivity index (χ3n) is 1.75. The second kappa shape index (κ2) is 5.11. The third kappa shape index (κ3) is 2.94. The molecule has 0 aliphatic rings. The second-order valence-corrected chi connectivity index (χ2v) is 2.98. The average Bonchev–Trinajstić information content (AvgIpc) is 2.66. The van der Waals surface area contributed by atoms with E-state index in [0.717, 1.165) is 0 Å². The minimum absolute atomic E-state index is 0.247. The Morgan fingerprint density at radius 2 is 2.31 bits per heavy atom. The van der Waals surface area contributed by atoms with Crippen molar-refractivity contribution < 1.29 is 18.9 Å². The van der Waals surface area contributed by atoms with Crippen LogP contribution in [0.4, 0.5) is 5.88 Å². The van der Waals surface area contributed by atoms with E-state index in [2.05, 4.69) is 0 Å². The predicted molar refractivity (Wildman–Crippen MR) is 55.6 cm³/mol. The van der Waals surface area contributed by atoms with Gasteiger partial charge in [-0.25, -0.2) is 4.79 Å². The fourth-order valence-electron chi connectivity index (χ4n) is 1.04. The SMILES string of the molecule is CCOC(=O)/C(C)=C/c1ccc([N+](=O)[O-])o1. The van der Waals surface area contributed by atoms with Crippen molar-refractivity contribution in [1.29, 1.82) is 0 Å². The van der Waals surface area contributed by atoms with E-state index < -0.39 is 10.9 Å². The van der Waals surface area contributed by atoms with E-state index >= 15 is 0 Å². The largest absolute Gasteiger partial charge is 0.463 e. The van der Waals surface area contributed by atoms with E-state index in [-0.39, 0.29) is 18.3 Å². The average molecular weight is 225 g/mol. The molecule has 0 saturated carbocycles. The molecule has 0 amide bonds. The van der Waals surface area contributed by atoms with Gasteiger partial charge in [0.2, 0.25) is 0 Å². The van der Waals surface area contributed by atoms with Gasteiger partial charge in [0.05, 0.1) is 12.7 Å². The van der Waals surface area contributed by atoms with Crippen molar-refractivity contribution in [3.63, 3.8) is 0 Å². The highest BCUT2D eigenvalue weighted by Crippen LogP contribution is 2.18. The summed E-state index contributed by atoms with van der Waals surface area (Å²) in [6.07, 6.45) is 1.39. The molecule has 0 saturated heterocycles. The Kier molecular flexibility index (Phi) is 3.82. The van der Waals surface area contributed by atoms with Crippen LogP contribution in [-0.2, 0) is 9.53 Å². The lowest BCUT2D eigenvalue weighted by Gasteiger charge is -1.99. The summed E-state index contributed by atoms with van der Waals surface area (Å²) in [5.74, 6) is -0.582. The number of ether oxygens (including phenoxy) is 1. The summed E-state index contributed by atoms with van der Waals surface area (Å²) in [4.78, 5) is 20.9. The second-order valence-electron chi connectivity index (χ2n) is 2.98. The number of nitro groups is 1. The Labute approximate surface area is 91.7 Å². The van der Waals surface area contributed by atoms with Gasteiger partial charge in [0, 0.05) is 5.57 Å². The molecule has 0 unspecified atom stereocenters. The van der Waals surface area contributed by atoms with Crippen molar-refractivity contribution in [2.24, 2.45) is 0 Å². The molecule has 6 heteroatoms. The molecular weight excluding hydrogens is 214 g/mol. The van der Waals surface area contributed by atoms with E-state index in [9.17, 15) is 14.9 Å². The molecule has 6 nitrogen and oxygen atoms in total. The van der Waals surface area contributed by atoms with Crippen molar-refractivity contribution in [2.45, 2.75) is 13.8 Å². The molecule has 16 heavy (non-hydrogen) atoms. The summed E-state index contributed by atoms with van der Waals surface area (Å²) >= 11 is 0. The van der Waals surface area contributed by atoms with Gasteiger partial charge in [-0.2, -0.15) is 0 Å². The van der Waals surface area contributed by atoms with E-state index in [1.807, 2.05) is 0 Å². The monoisotopic (exact) mass is 225 g/mol. The summed E-state index contributed by atoms with van der Waals surface area (Å²) in [6, 6.07) is 2.64. The van der Waals surface area contributed by atoms with Crippen LogP contribution in [0.15, 0.2) is 22.1 Å². The number of carbonyl (C=O) groups is 1. The number of nitrogens with zero attached hydrogens (tertiary/aromatic N) is 1. The van der Waals surface area contributed by atoms with Gasteiger partial charge in [-0.05, 0) is 26.0 Å². The molecule has 1 heterocycles. The lowest BCUT2D eigenvalue weighted by Crippen LogP contribution is -2.04. The molecule has 86 valence electrons. The van der Waals surface area contributed by atoms with Gasteiger partial charge in [-0.1, -0.05) is 0 Å². The fourth-order valence-corrected chi connectivity index (χ4v) is 1.04. The summed E-state index contributed by atoms with van der Waals surface area (Å²) in [6.45, 7) is 3.53. The van der Waals surface area contributed by atoms with Crippen LogP contribution in [0.5, 0.6) is 0 Å². The maximum atomic E-state index is 11.2. The van der Waals surface area contributed by atoms with Crippen LogP contribution in [0, 0.1) is 10.1 Å². The fraction of sp³-hybridized carbons (Fsp3) is 0.300. The molecule has 1 aromatic rings. The van der Waals surface area contributed by atoms with Crippen molar-refractivity contribution in [3.8, 4) is 0 Å². The third-order valence-corrected chi connectivity index (χ3v) is 1.75. The van der Waals surface area contributed by atoms with Gasteiger partial charge in [0.25, 0.3) is 0 Å². The number of esters is 1. The molecule has 0 fully saturated rings. The minimum atomic E-state index is -0.642. The normalized spacial score (nSPS) is 11.2. The van der Waals surface area contributed by atoms with Crippen molar-refractivity contribution >= 4 is 17.9 Å². The molecule has 1 aromatic heterocycles. The summed E-state index contributed by atoms with van der Waals surface area (Å²) in [7, 11) is 0. The molecular formula is C10H11NO5. The van der Waals surface area contributed by atoms with Crippen molar-refractivity contribution in [1.82, 2.24) is 0 Å². The van der Waals surface area contributed by atoms with Crippen LogP contribution in [-0.4, -0.2) is 17.5 Å². The Bertz CT molecular complexity index is 432. The number of furan rings is 1. The summed E-state index contributed by atoms with van der Waals surface area (Å²) < 4.78 is 9.61. The quantitative estimate of drug-likeness (QED) is 0.339. The molecule has 0 bridgehead atoms. The van der Waals surface area contributed by atoms with Crippen molar-refractivity contribution in [3.05, 3.63) is 33.6 Å². The van der Waals surface area contributed by atoms with E-state index in [1.165, 1.54) is 18.2 Å². The first-order valence-electron chi connectivity index (χ1n) is 4.64. The first-order valence-corrected chi connectivity index (χ1v) is 4.64. The number of carbonyl (C=O) groups excluding carboxylic acids is 1. The smallest absolute Gasteiger partial charge is 0.433 e. The molecule has 0 aromatic carbocycles. The molecule has 0 radical (unpaired) electrons. The first kappa shape index (κ1) is 12.0.